The molecule has 19 heavy (non-hydrogen) atoms. The third kappa shape index (κ3) is 3.07. The first kappa shape index (κ1) is 17.5. The van der Waals surface area contributed by atoms with E-state index in [0.717, 1.165) is 23.4 Å². The molecule has 3 unspecified atom stereocenters. The first-order valence-corrected chi connectivity index (χ1v) is 8.31. The number of aryl methyl sites for hydroxylation is 1. The lowest BCUT2D eigenvalue weighted by molar-refractivity contribution is 0.209. The van der Waals surface area contributed by atoms with Gasteiger partial charge in [-0.3, -0.25) is 0 Å². The van der Waals surface area contributed by atoms with Gasteiger partial charge in [0, 0.05) is 20.4 Å². The lowest BCUT2D eigenvalue weighted by Crippen LogP contribution is -2.57. The van der Waals surface area contributed by atoms with Gasteiger partial charge in [-0.05, 0) is 43.4 Å². The Bertz CT molecular complexity index is 438. The molecular formula is C15H22Cl2IN. The number of benzene rings is 1. The molecule has 1 saturated carbocycles. The minimum absolute atomic E-state index is 0. The Morgan fingerprint density at radius 1 is 1.53 bits per heavy atom. The van der Waals surface area contributed by atoms with Crippen molar-refractivity contribution in [3.63, 3.8) is 0 Å². The molecule has 0 aliphatic heterocycles. The second-order valence-electron chi connectivity index (χ2n) is 5.41. The maximum atomic E-state index is 6.49. The number of hydrogen-bond donors (Lipinski definition) is 1. The number of hydrogen-bond acceptors (Lipinski definition) is 1. The molecule has 1 aromatic carbocycles. The normalized spacial score (nSPS) is 27.3. The molecular weight excluding hydrogens is 392 g/mol. The molecule has 4 heteroatoms. The molecule has 2 N–H and O–H groups in total. The summed E-state index contributed by atoms with van der Waals surface area (Å²) >= 11 is 8.85. The highest BCUT2D eigenvalue weighted by Gasteiger charge is 2.50. The van der Waals surface area contributed by atoms with E-state index >= 15 is 0 Å². The topological polar surface area (TPSA) is 26.0 Å². The molecule has 0 saturated heterocycles. The second kappa shape index (κ2) is 6.97. The summed E-state index contributed by atoms with van der Waals surface area (Å²) in [6.45, 7) is 4.25. The summed E-state index contributed by atoms with van der Waals surface area (Å²) in [5.41, 5.74) is 9.11. The van der Waals surface area contributed by atoms with Crippen LogP contribution >= 0.6 is 46.6 Å². The third-order valence-corrected chi connectivity index (χ3v) is 6.48. The van der Waals surface area contributed by atoms with Gasteiger partial charge in [-0.25, -0.2) is 0 Å². The SMILES string of the molecule is CCCC(N)C1(c2ccc(C)c(Cl)c2)CCC1I.Cl. The van der Waals surface area contributed by atoms with Crippen molar-refractivity contribution in [3.8, 4) is 0 Å². The molecule has 0 amide bonds. The van der Waals surface area contributed by atoms with E-state index in [1.807, 2.05) is 6.92 Å². The van der Waals surface area contributed by atoms with Gasteiger partial charge in [0.1, 0.15) is 0 Å². The van der Waals surface area contributed by atoms with Crippen LogP contribution in [0.15, 0.2) is 18.2 Å². The highest BCUT2D eigenvalue weighted by molar-refractivity contribution is 14.1. The molecule has 1 aliphatic carbocycles. The van der Waals surface area contributed by atoms with Gasteiger partial charge < -0.3 is 5.73 Å². The number of rotatable bonds is 4. The molecule has 0 aromatic heterocycles. The Hall–Kier alpha value is 0.490. The van der Waals surface area contributed by atoms with Crippen molar-refractivity contribution in [2.45, 2.75) is 54.9 Å². The highest BCUT2D eigenvalue weighted by atomic mass is 127. The molecule has 1 nitrogen and oxygen atoms in total. The van der Waals surface area contributed by atoms with Crippen molar-refractivity contribution in [2.75, 3.05) is 0 Å². The third-order valence-electron chi connectivity index (χ3n) is 4.34. The molecule has 0 bridgehead atoms. The lowest BCUT2D eigenvalue weighted by Gasteiger charge is -2.51. The summed E-state index contributed by atoms with van der Waals surface area (Å²) in [6.07, 6.45) is 4.70. The monoisotopic (exact) mass is 413 g/mol. The fraction of sp³-hybridized carbons (Fsp3) is 0.600. The first-order valence-electron chi connectivity index (χ1n) is 6.68. The number of alkyl halides is 1. The molecule has 1 aliphatic rings. The van der Waals surface area contributed by atoms with Gasteiger partial charge in [0.15, 0.2) is 0 Å². The zero-order valence-corrected chi connectivity index (χ0v) is 15.2. The van der Waals surface area contributed by atoms with Crippen LogP contribution in [0.3, 0.4) is 0 Å². The van der Waals surface area contributed by atoms with Crippen molar-refractivity contribution < 1.29 is 0 Å². The fourth-order valence-corrected chi connectivity index (χ4v) is 4.60. The van der Waals surface area contributed by atoms with Crippen LogP contribution in [0.4, 0.5) is 0 Å². The van der Waals surface area contributed by atoms with Gasteiger partial charge in [0.25, 0.3) is 0 Å². The molecule has 0 heterocycles. The Kier molecular flexibility index (Phi) is 6.43. The summed E-state index contributed by atoms with van der Waals surface area (Å²) in [4.78, 5) is 0. The van der Waals surface area contributed by atoms with Crippen LogP contribution in [0.2, 0.25) is 5.02 Å². The van der Waals surface area contributed by atoms with Crippen molar-refractivity contribution in [1.29, 1.82) is 0 Å². The zero-order valence-electron chi connectivity index (χ0n) is 11.5. The van der Waals surface area contributed by atoms with E-state index in [-0.39, 0.29) is 23.9 Å². The van der Waals surface area contributed by atoms with Crippen LogP contribution in [0.25, 0.3) is 0 Å². The summed E-state index contributed by atoms with van der Waals surface area (Å²) in [5, 5.41) is 0.867. The van der Waals surface area contributed by atoms with E-state index in [9.17, 15) is 0 Å². The van der Waals surface area contributed by atoms with Gasteiger partial charge in [-0.2, -0.15) is 0 Å². The smallest absolute Gasteiger partial charge is 0.0438 e. The Morgan fingerprint density at radius 3 is 2.63 bits per heavy atom. The van der Waals surface area contributed by atoms with Crippen LogP contribution in [0.1, 0.15) is 43.7 Å². The van der Waals surface area contributed by atoms with Gasteiger partial charge in [-0.1, -0.05) is 59.7 Å². The largest absolute Gasteiger partial charge is 0.327 e. The highest BCUT2D eigenvalue weighted by Crippen LogP contribution is 2.51. The molecule has 3 atom stereocenters. The fourth-order valence-electron chi connectivity index (χ4n) is 2.97. The summed E-state index contributed by atoms with van der Waals surface area (Å²) in [5.74, 6) is 0. The van der Waals surface area contributed by atoms with Crippen molar-refractivity contribution in [2.24, 2.45) is 5.73 Å². The quantitative estimate of drug-likeness (QED) is 0.543. The second-order valence-corrected chi connectivity index (χ2v) is 7.32. The van der Waals surface area contributed by atoms with Crippen molar-refractivity contribution in [1.82, 2.24) is 0 Å². The predicted molar refractivity (Wildman–Crippen MR) is 95.0 cm³/mol. The van der Waals surface area contributed by atoms with Gasteiger partial charge in [0.05, 0.1) is 0 Å². The van der Waals surface area contributed by atoms with E-state index in [1.54, 1.807) is 0 Å². The predicted octanol–water partition coefficient (Wildman–Crippen LogP) is 5.03. The minimum Gasteiger partial charge on any atom is -0.327 e. The van der Waals surface area contributed by atoms with Crippen molar-refractivity contribution >= 4 is 46.6 Å². The van der Waals surface area contributed by atoms with Gasteiger partial charge in [0.2, 0.25) is 0 Å². The summed E-state index contributed by atoms with van der Waals surface area (Å²) < 4.78 is 0.635. The van der Waals surface area contributed by atoms with Crippen LogP contribution in [0.5, 0.6) is 0 Å². The Morgan fingerprint density at radius 2 is 2.21 bits per heavy atom. The Balaban J connectivity index is 0.00000180. The lowest BCUT2D eigenvalue weighted by atomic mass is 9.59. The maximum absolute atomic E-state index is 6.49. The average molecular weight is 414 g/mol. The van der Waals surface area contributed by atoms with E-state index in [1.165, 1.54) is 18.4 Å². The van der Waals surface area contributed by atoms with E-state index in [0.29, 0.717) is 3.92 Å². The average Bonchev–Trinajstić information content (AvgIpc) is 2.33. The summed E-state index contributed by atoms with van der Waals surface area (Å²) in [7, 11) is 0. The Labute approximate surface area is 141 Å². The number of halogens is 3. The first-order chi connectivity index (χ1) is 8.52. The molecule has 0 radical (unpaired) electrons. The zero-order chi connectivity index (χ0) is 13.3. The van der Waals surface area contributed by atoms with E-state index in [2.05, 4.69) is 47.7 Å². The van der Waals surface area contributed by atoms with Gasteiger partial charge in [-0.15, -0.1) is 12.4 Å². The van der Waals surface area contributed by atoms with Crippen LogP contribution < -0.4 is 5.73 Å². The standard InChI is InChI=1S/C15H21ClIN.ClH/c1-3-4-14(18)15(8-7-13(15)17)11-6-5-10(2)12(16)9-11;/h5-6,9,13-14H,3-4,7-8,18H2,1-2H3;1H. The van der Waals surface area contributed by atoms with E-state index < -0.39 is 0 Å². The van der Waals surface area contributed by atoms with Crippen LogP contribution in [-0.2, 0) is 5.41 Å². The minimum atomic E-state index is 0. The molecule has 108 valence electrons. The molecule has 1 fully saturated rings. The summed E-state index contributed by atoms with van der Waals surface area (Å²) in [6, 6.07) is 6.73. The molecule has 2 rings (SSSR count). The van der Waals surface area contributed by atoms with Crippen LogP contribution in [0, 0.1) is 6.92 Å². The van der Waals surface area contributed by atoms with E-state index in [4.69, 9.17) is 17.3 Å². The van der Waals surface area contributed by atoms with Gasteiger partial charge >= 0.3 is 0 Å². The maximum Gasteiger partial charge on any atom is 0.0438 e. The van der Waals surface area contributed by atoms with Crippen LogP contribution in [-0.4, -0.2) is 9.97 Å². The molecule has 0 spiro atoms. The number of nitrogens with two attached hydrogens (primary N) is 1. The van der Waals surface area contributed by atoms with Crippen molar-refractivity contribution in [3.05, 3.63) is 34.3 Å². The molecule has 1 aromatic rings.